The maximum atomic E-state index is 12.6. The summed E-state index contributed by atoms with van der Waals surface area (Å²) in [5, 5.41) is 8.80. The normalized spacial score (nSPS) is 18.0. The third kappa shape index (κ3) is 3.50. The zero-order valence-electron chi connectivity index (χ0n) is 13.4. The highest BCUT2D eigenvalue weighted by atomic mass is 16.4. The van der Waals surface area contributed by atoms with E-state index in [1.165, 1.54) is 4.57 Å². The Labute approximate surface area is 138 Å². The van der Waals surface area contributed by atoms with Crippen LogP contribution in [0.1, 0.15) is 25.7 Å². The molecule has 1 aromatic carbocycles. The lowest BCUT2D eigenvalue weighted by molar-refractivity contribution is -0.137. The minimum atomic E-state index is -0.802. The molecule has 0 bridgehead atoms. The van der Waals surface area contributed by atoms with Crippen molar-refractivity contribution < 1.29 is 14.7 Å². The van der Waals surface area contributed by atoms with Gasteiger partial charge in [0.1, 0.15) is 6.54 Å². The van der Waals surface area contributed by atoms with E-state index in [1.54, 1.807) is 11.0 Å². The smallest absolute Gasteiger partial charge is 0.326 e. The van der Waals surface area contributed by atoms with Crippen LogP contribution in [0.5, 0.6) is 0 Å². The predicted molar refractivity (Wildman–Crippen MR) is 88.7 cm³/mol. The van der Waals surface area contributed by atoms with Crippen molar-refractivity contribution in [3.63, 3.8) is 0 Å². The molecule has 0 spiro atoms. The molecule has 1 fully saturated rings. The van der Waals surface area contributed by atoms with E-state index in [1.807, 2.05) is 18.2 Å². The lowest BCUT2D eigenvalue weighted by atomic mass is 9.93. The van der Waals surface area contributed by atoms with Crippen molar-refractivity contribution in [1.29, 1.82) is 0 Å². The number of aromatic amines is 1. The molecule has 1 aromatic heterocycles. The number of H-pyrrole nitrogens is 1. The molecular weight excluding hydrogens is 310 g/mol. The molecule has 24 heavy (non-hydrogen) atoms. The van der Waals surface area contributed by atoms with Crippen molar-refractivity contribution in [2.75, 3.05) is 13.1 Å². The summed E-state index contributed by atoms with van der Waals surface area (Å²) >= 11 is 0. The molecule has 0 aliphatic carbocycles. The van der Waals surface area contributed by atoms with Gasteiger partial charge in [0.2, 0.25) is 5.91 Å². The fourth-order valence-electron chi connectivity index (χ4n) is 3.35. The fraction of sp³-hybridized carbons (Fsp3) is 0.471. The maximum Gasteiger partial charge on any atom is 0.326 e. The van der Waals surface area contributed by atoms with Gasteiger partial charge in [0.15, 0.2) is 0 Å². The molecule has 0 unspecified atom stereocenters. The van der Waals surface area contributed by atoms with E-state index < -0.39 is 5.97 Å². The van der Waals surface area contributed by atoms with Gasteiger partial charge in [0.25, 0.3) is 0 Å². The second-order valence-electron chi connectivity index (χ2n) is 6.31. The van der Waals surface area contributed by atoms with Gasteiger partial charge < -0.3 is 15.0 Å². The molecule has 7 heteroatoms. The molecule has 0 radical (unpaired) electrons. The molecule has 7 nitrogen and oxygen atoms in total. The highest BCUT2D eigenvalue weighted by molar-refractivity contribution is 5.80. The summed E-state index contributed by atoms with van der Waals surface area (Å²) in [4.78, 5) is 39.9. The Morgan fingerprint density at radius 3 is 2.88 bits per heavy atom. The number of carboxylic acids is 1. The summed E-state index contributed by atoms with van der Waals surface area (Å²) in [6, 6.07) is 7.29. The molecule has 1 saturated heterocycles. The van der Waals surface area contributed by atoms with E-state index in [2.05, 4.69) is 4.98 Å². The molecule has 1 aliphatic rings. The van der Waals surface area contributed by atoms with Crippen LogP contribution in [-0.4, -0.2) is 44.5 Å². The minimum absolute atomic E-state index is 0.00843. The molecule has 1 atom stereocenters. The number of benzene rings is 1. The standard InChI is InChI=1S/C17H21N3O4/c21-15(19-9-3-4-12(10-19)7-8-16(22)23)11-20-14-6-2-1-5-13(14)18-17(20)24/h1-2,5-6,12H,3-4,7-11H2,(H,18,24)(H,22,23)/t12-/m0/s1. The van der Waals surface area contributed by atoms with Gasteiger partial charge in [0.05, 0.1) is 11.0 Å². The van der Waals surface area contributed by atoms with Crippen LogP contribution in [0.2, 0.25) is 0 Å². The molecule has 2 aromatic rings. The van der Waals surface area contributed by atoms with Crippen LogP contribution in [-0.2, 0) is 16.1 Å². The van der Waals surface area contributed by atoms with Gasteiger partial charge in [-0.15, -0.1) is 0 Å². The molecule has 1 aliphatic heterocycles. The van der Waals surface area contributed by atoms with Crippen LogP contribution in [0.15, 0.2) is 29.1 Å². The summed E-state index contributed by atoms with van der Waals surface area (Å²) in [6.07, 6.45) is 2.55. The summed E-state index contributed by atoms with van der Waals surface area (Å²) in [6.45, 7) is 1.25. The Hall–Kier alpha value is -2.57. The third-order valence-corrected chi connectivity index (χ3v) is 4.61. The predicted octanol–water partition coefficient (Wildman–Crippen LogP) is 1.43. The number of piperidine rings is 1. The van der Waals surface area contributed by atoms with E-state index in [-0.39, 0.29) is 30.5 Å². The van der Waals surface area contributed by atoms with E-state index in [9.17, 15) is 14.4 Å². The molecule has 3 rings (SSSR count). The largest absolute Gasteiger partial charge is 0.481 e. The zero-order valence-corrected chi connectivity index (χ0v) is 13.4. The summed E-state index contributed by atoms with van der Waals surface area (Å²) in [7, 11) is 0. The van der Waals surface area contributed by atoms with Crippen molar-refractivity contribution >= 4 is 22.9 Å². The third-order valence-electron chi connectivity index (χ3n) is 4.61. The molecular formula is C17H21N3O4. The van der Waals surface area contributed by atoms with Crippen LogP contribution in [0.25, 0.3) is 11.0 Å². The Morgan fingerprint density at radius 1 is 1.29 bits per heavy atom. The Kier molecular flexibility index (Phi) is 4.69. The number of imidazole rings is 1. The number of aliphatic carboxylic acids is 1. The zero-order chi connectivity index (χ0) is 17.1. The van der Waals surface area contributed by atoms with Gasteiger partial charge in [-0.3, -0.25) is 14.2 Å². The molecule has 2 N–H and O–H groups in total. The monoisotopic (exact) mass is 331 g/mol. The number of hydrogen-bond acceptors (Lipinski definition) is 3. The van der Waals surface area contributed by atoms with Crippen LogP contribution in [0, 0.1) is 5.92 Å². The quantitative estimate of drug-likeness (QED) is 0.866. The number of carbonyl (C=O) groups excluding carboxylic acids is 1. The lowest BCUT2D eigenvalue weighted by Crippen LogP contribution is -2.42. The molecule has 0 saturated carbocycles. The van der Waals surface area contributed by atoms with Crippen LogP contribution < -0.4 is 5.69 Å². The highest BCUT2D eigenvalue weighted by Crippen LogP contribution is 2.21. The van der Waals surface area contributed by atoms with Gasteiger partial charge in [-0.1, -0.05) is 12.1 Å². The SMILES string of the molecule is O=C(O)CC[C@@H]1CCCN(C(=O)Cn2c(=O)[nH]c3ccccc32)C1. The number of carboxylic acid groups (broad SMARTS) is 1. The van der Waals surface area contributed by atoms with Gasteiger partial charge >= 0.3 is 11.7 Å². The number of fused-ring (bicyclic) bond motifs is 1. The number of amides is 1. The second kappa shape index (κ2) is 6.90. The fourth-order valence-corrected chi connectivity index (χ4v) is 3.35. The second-order valence-corrected chi connectivity index (χ2v) is 6.31. The highest BCUT2D eigenvalue weighted by Gasteiger charge is 2.24. The average molecular weight is 331 g/mol. The van der Waals surface area contributed by atoms with Crippen molar-refractivity contribution in [2.24, 2.45) is 5.92 Å². The maximum absolute atomic E-state index is 12.6. The topological polar surface area (TPSA) is 95.4 Å². The Morgan fingerprint density at radius 2 is 2.08 bits per heavy atom. The van der Waals surface area contributed by atoms with Gasteiger partial charge in [-0.05, 0) is 37.3 Å². The average Bonchev–Trinajstić information content (AvgIpc) is 2.89. The number of aromatic nitrogens is 2. The summed E-state index contributed by atoms with van der Waals surface area (Å²) in [5.74, 6) is -0.677. The summed E-state index contributed by atoms with van der Waals surface area (Å²) in [5.41, 5.74) is 1.15. The number of likely N-dealkylation sites (tertiary alicyclic amines) is 1. The van der Waals surface area contributed by atoms with Crippen molar-refractivity contribution in [3.05, 3.63) is 34.7 Å². The van der Waals surface area contributed by atoms with Gasteiger partial charge in [-0.25, -0.2) is 4.79 Å². The molecule has 128 valence electrons. The van der Waals surface area contributed by atoms with Gasteiger partial charge in [0, 0.05) is 19.5 Å². The Balaban J connectivity index is 1.69. The molecule has 1 amide bonds. The first kappa shape index (κ1) is 16.3. The number of nitrogens with zero attached hydrogens (tertiary/aromatic N) is 2. The molecule has 2 heterocycles. The van der Waals surface area contributed by atoms with E-state index in [4.69, 9.17) is 5.11 Å². The van der Waals surface area contributed by atoms with Crippen molar-refractivity contribution in [1.82, 2.24) is 14.5 Å². The van der Waals surface area contributed by atoms with Crippen LogP contribution >= 0.6 is 0 Å². The van der Waals surface area contributed by atoms with E-state index in [0.717, 1.165) is 18.4 Å². The number of nitrogens with one attached hydrogen (secondary N) is 1. The van der Waals surface area contributed by atoms with E-state index >= 15 is 0 Å². The first-order valence-corrected chi connectivity index (χ1v) is 8.21. The number of rotatable bonds is 5. The van der Waals surface area contributed by atoms with Crippen LogP contribution in [0.4, 0.5) is 0 Å². The minimum Gasteiger partial charge on any atom is -0.481 e. The lowest BCUT2D eigenvalue weighted by Gasteiger charge is -2.32. The van der Waals surface area contributed by atoms with Crippen molar-refractivity contribution in [2.45, 2.75) is 32.2 Å². The van der Waals surface area contributed by atoms with Crippen LogP contribution in [0.3, 0.4) is 0 Å². The van der Waals surface area contributed by atoms with E-state index in [0.29, 0.717) is 25.0 Å². The number of carbonyl (C=O) groups is 2. The Bertz CT molecular complexity index is 808. The van der Waals surface area contributed by atoms with Gasteiger partial charge in [-0.2, -0.15) is 0 Å². The number of hydrogen-bond donors (Lipinski definition) is 2. The first-order chi connectivity index (χ1) is 11.5. The number of para-hydroxylation sites is 2. The summed E-state index contributed by atoms with van der Waals surface area (Å²) < 4.78 is 1.46. The first-order valence-electron chi connectivity index (χ1n) is 8.21. The van der Waals surface area contributed by atoms with Crippen molar-refractivity contribution in [3.8, 4) is 0 Å².